The molecule has 1 rings (SSSR count). The van der Waals surface area contributed by atoms with Crippen molar-refractivity contribution in [3.63, 3.8) is 0 Å². The summed E-state index contributed by atoms with van der Waals surface area (Å²) < 4.78 is 0. The summed E-state index contributed by atoms with van der Waals surface area (Å²) >= 11 is 0. The zero-order chi connectivity index (χ0) is 6.85. The fourth-order valence-electron chi connectivity index (χ4n) is 0.881. The molecular weight excluding hydrogens is 114 g/mol. The number of amides is 1. The van der Waals surface area contributed by atoms with Crippen LogP contribution in [0.3, 0.4) is 0 Å². The second-order valence-electron chi connectivity index (χ2n) is 2.56. The predicted octanol–water partition coefficient (Wildman–Crippen LogP) is 0.828. The Kier molecular flexibility index (Phi) is 1.56. The van der Waals surface area contributed by atoms with Crippen LogP contribution in [0, 0.1) is 5.92 Å². The molecule has 0 heterocycles. The summed E-state index contributed by atoms with van der Waals surface area (Å²) in [6, 6.07) is 0. The standard InChI is InChI=1S/C7H11NO/c1-5(4-7(8)9)6-2-3-6/h4,6H,2-3H2,1H3,(H2,8,9)/b5-4-. The van der Waals surface area contributed by atoms with Crippen molar-refractivity contribution >= 4 is 5.91 Å². The second kappa shape index (κ2) is 2.21. The van der Waals surface area contributed by atoms with Crippen LogP contribution in [-0.4, -0.2) is 5.91 Å². The molecule has 0 aromatic carbocycles. The van der Waals surface area contributed by atoms with Gasteiger partial charge in [-0.3, -0.25) is 4.79 Å². The van der Waals surface area contributed by atoms with Gasteiger partial charge < -0.3 is 5.73 Å². The minimum Gasteiger partial charge on any atom is -0.366 e. The van der Waals surface area contributed by atoms with Crippen molar-refractivity contribution in [3.8, 4) is 0 Å². The minimum atomic E-state index is -0.320. The van der Waals surface area contributed by atoms with Crippen molar-refractivity contribution in [2.75, 3.05) is 0 Å². The maximum atomic E-state index is 10.3. The van der Waals surface area contributed by atoms with Crippen molar-refractivity contribution < 1.29 is 4.79 Å². The Morgan fingerprint density at radius 3 is 2.56 bits per heavy atom. The minimum absolute atomic E-state index is 0.320. The number of rotatable bonds is 2. The van der Waals surface area contributed by atoms with Crippen molar-refractivity contribution in [1.29, 1.82) is 0 Å². The zero-order valence-corrected chi connectivity index (χ0v) is 5.55. The summed E-state index contributed by atoms with van der Waals surface area (Å²) in [5, 5.41) is 0. The highest BCUT2D eigenvalue weighted by Crippen LogP contribution is 2.35. The molecule has 0 aromatic rings. The van der Waals surface area contributed by atoms with Crippen molar-refractivity contribution in [2.24, 2.45) is 11.7 Å². The van der Waals surface area contributed by atoms with E-state index in [-0.39, 0.29) is 5.91 Å². The largest absolute Gasteiger partial charge is 0.366 e. The Balaban J connectivity index is 2.47. The third kappa shape index (κ3) is 1.88. The van der Waals surface area contributed by atoms with Gasteiger partial charge in [-0.05, 0) is 25.7 Å². The van der Waals surface area contributed by atoms with Gasteiger partial charge in [-0.15, -0.1) is 0 Å². The fraction of sp³-hybridized carbons (Fsp3) is 0.571. The molecule has 1 aliphatic carbocycles. The lowest BCUT2D eigenvalue weighted by Gasteiger charge is -1.91. The van der Waals surface area contributed by atoms with E-state index in [1.54, 1.807) is 0 Å². The first-order valence-electron chi connectivity index (χ1n) is 3.18. The van der Waals surface area contributed by atoms with Gasteiger partial charge in [-0.25, -0.2) is 0 Å². The Morgan fingerprint density at radius 2 is 2.22 bits per heavy atom. The third-order valence-electron chi connectivity index (χ3n) is 1.59. The third-order valence-corrected chi connectivity index (χ3v) is 1.59. The number of hydrogen-bond donors (Lipinski definition) is 1. The molecule has 2 nitrogen and oxygen atoms in total. The average Bonchev–Trinajstić information content (AvgIpc) is 2.40. The molecular formula is C7H11NO. The molecule has 1 amide bonds. The molecule has 1 saturated carbocycles. The van der Waals surface area contributed by atoms with Crippen LogP contribution in [0.1, 0.15) is 19.8 Å². The number of primary amides is 1. The van der Waals surface area contributed by atoms with Crippen LogP contribution in [-0.2, 0) is 4.79 Å². The van der Waals surface area contributed by atoms with Crippen LogP contribution in [0.25, 0.3) is 0 Å². The van der Waals surface area contributed by atoms with E-state index in [2.05, 4.69) is 0 Å². The van der Waals surface area contributed by atoms with Crippen LogP contribution in [0.15, 0.2) is 11.6 Å². The monoisotopic (exact) mass is 125 g/mol. The Bertz CT molecular complexity index is 156. The normalized spacial score (nSPS) is 19.9. The topological polar surface area (TPSA) is 43.1 Å². The highest BCUT2D eigenvalue weighted by molar-refractivity contribution is 5.86. The van der Waals surface area contributed by atoms with Crippen molar-refractivity contribution in [1.82, 2.24) is 0 Å². The molecule has 0 saturated heterocycles. The van der Waals surface area contributed by atoms with Gasteiger partial charge >= 0.3 is 0 Å². The molecule has 2 N–H and O–H groups in total. The smallest absolute Gasteiger partial charge is 0.241 e. The lowest BCUT2D eigenvalue weighted by molar-refractivity contribution is -0.113. The summed E-state index contributed by atoms with van der Waals surface area (Å²) in [5.74, 6) is 0.344. The summed E-state index contributed by atoms with van der Waals surface area (Å²) in [4.78, 5) is 10.3. The average molecular weight is 125 g/mol. The van der Waals surface area contributed by atoms with Gasteiger partial charge in [-0.2, -0.15) is 0 Å². The summed E-state index contributed by atoms with van der Waals surface area (Å²) in [5.41, 5.74) is 6.08. The van der Waals surface area contributed by atoms with E-state index in [4.69, 9.17) is 5.73 Å². The molecule has 0 bridgehead atoms. The van der Waals surface area contributed by atoms with Crippen LogP contribution in [0.2, 0.25) is 0 Å². The molecule has 0 spiro atoms. The van der Waals surface area contributed by atoms with E-state index < -0.39 is 0 Å². The van der Waals surface area contributed by atoms with E-state index in [9.17, 15) is 4.79 Å². The SMILES string of the molecule is C/C(=C/C(N)=O)C1CC1. The first-order valence-corrected chi connectivity index (χ1v) is 3.18. The highest BCUT2D eigenvalue weighted by atomic mass is 16.1. The molecule has 2 heteroatoms. The number of nitrogens with two attached hydrogens (primary N) is 1. The lowest BCUT2D eigenvalue weighted by atomic mass is 10.2. The van der Waals surface area contributed by atoms with Crippen LogP contribution >= 0.6 is 0 Å². The van der Waals surface area contributed by atoms with E-state index in [0.29, 0.717) is 5.92 Å². The van der Waals surface area contributed by atoms with Crippen LogP contribution in [0.4, 0.5) is 0 Å². The van der Waals surface area contributed by atoms with Crippen LogP contribution < -0.4 is 5.73 Å². The summed E-state index contributed by atoms with van der Waals surface area (Å²) in [6.45, 7) is 1.96. The maximum Gasteiger partial charge on any atom is 0.241 e. The van der Waals surface area contributed by atoms with Gasteiger partial charge in [0.05, 0.1) is 0 Å². The molecule has 0 radical (unpaired) electrons. The second-order valence-corrected chi connectivity index (χ2v) is 2.56. The maximum absolute atomic E-state index is 10.3. The number of hydrogen-bond acceptors (Lipinski definition) is 1. The number of carbonyl (C=O) groups is 1. The van der Waals surface area contributed by atoms with E-state index in [1.807, 2.05) is 6.92 Å². The van der Waals surface area contributed by atoms with Crippen molar-refractivity contribution in [3.05, 3.63) is 11.6 Å². The number of carbonyl (C=O) groups excluding carboxylic acids is 1. The quantitative estimate of drug-likeness (QED) is 0.546. The Hall–Kier alpha value is -0.790. The lowest BCUT2D eigenvalue weighted by Crippen LogP contribution is -2.06. The molecule has 1 aliphatic rings. The van der Waals surface area contributed by atoms with Gasteiger partial charge in [-0.1, -0.05) is 5.57 Å². The summed E-state index contributed by atoms with van der Waals surface area (Å²) in [6.07, 6.45) is 3.99. The first-order chi connectivity index (χ1) is 4.20. The van der Waals surface area contributed by atoms with E-state index in [1.165, 1.54) is 18.9 Å². The molecule has 0 aromatic heterocycles. The first kappa shape index (κ1) is 6.33. The molecule has 0 atom stereocenters. The van der Waals surface area contributed by atoms with Gasteiger partial charge in [0.2, 0.25) is 5.91 Å². The Labute approximate surface area is 54.7 Å². The molecule has 50 valence electrons. The van der Waals surface area contributed by atoms with Gasteiger partial charge in [0.15, 0.2) is 0 Å². The van der Waals surface area contributed by atoms with Crippen molar-refractivity contribution in [2.45, 2.75) is 19.8 Å². The molecule has 9 heavy (non-hydrogen) atoms. The zero-order valence-electron chi connectivity index (χ0n) is 5.55. The predicted molar refractivity (Wildman–Crippen MR) is 35.7 cm³/mol. The van der Waals surface area contributed by atoms with Crippen LogP contribution in [0.5, 0.6) is 0 Å². The number of allylic oxidation sites excluding steroid dienone is 1. The van der Waals surface area contributed by atoms with Gasteiger partial charge in [0.25, 0.3) is 0 Å². The van der Waals surface area contributed by atoms with E-state index >= 15 is 0 Å². The Morgan fingerprint density at radius 1 is 1.67 bits per heavy atom. The molecule has 0 unspecified atom stereocenters. The molecule has 1 fully saturated rings. The van der Waals surface area contributed by atoms with Gasteiger partial charge in [0, 0.05) is 6.08 Å². The summed E-state index contributed by atoms with van der Waals surface area (Å²) in [7, 11) is 0. The molecule has 0 aliphatic heterocycles. The van der Waals surface area contributed by atoms with Gasteiger partial charge in [0.1, 0.15) is 0 Å². The fourth-order valence-corrected chi connectivity index (χ4v) is 0.881. The van der Waals surface area contributed by atoms with E-state index in [0.717, 1.165) is 5.57 Å². The highest BCUT2D eigenvalue weighted by Gasteiger charge is 2.22.